The third-order valence-electron chi connectivity index (χ3n) is 3.77. The normalized spacial score (nSPS) is 21.5. The topological polar surface area (TPSA) is 77.5 Å². The number of hydrogen-bond acceptors (Lipinski definition) is 6. The van der Waals surface area contributed by atoms with Crippen molar-refractivity contribution in [3.8, 4) is 5.88 Å². The summed E-state index contributed by atoms with van der Waals surface area (Å²) < 4.78 is 39.6. The van der Waals surface area contributed by atoms with E-state index in [1.807, 2.05) is 19.1 Å². The predicted octanol–water partition coefficient (Wildman–Crippen LogP) is 2.22. The molecule has 6 nitrogen and oxygen atoms in total. The summed E-state index contributed by atoms with van der Waals surface area (Å²) in [5, 5.41) is 0. The summed E-state index contributed by atoms with van der Waals surface area (Å²) in [5.41, 5.74) is 0. The Morgan fingerprint density at radius 2 is 2.25 bits per heavy atom. The number of pyridine rings is 1. The summed E-state index contributed by atoms with van der Waals surface area (Å²) in [7, 11) is -3.56. The summed E-state index contributed by atoms with van der Waals surface area (Å²) in [6.07, 6.45) is 2.61. The first-order valence-electron chi connectivity index (χ1n) is 7.85. The molecule has 8 heteroatoms. The number of thiophene rings is 1. The molecular weight excluding hydrogens is 348 g/mol. The average Bonchev–Trinajstić information content (AvgIpc) is 3.08. The van der Waals surface area contributed by atoms with Gasteiger partial charge in [0.15, 0.2) is 0 Å². The van der Waals surface area contributed by atoms with Gasteiger partial charge in [-0.1, -0.05) is 13.0 Å². The summed E-state index contributed by atoms with van der Waals surface area (Å²) in [4.78, 5) is 5.17. The van der Waals surface area contributed by atoms with Crippen molar-refractivity contribution in [3.63, 3.8) is 0 Å². The Morgan fingerprint density at radius 3 is 2.96 bits per heavy atom. The molecule has 0 aliphatic carbocycles. The molecule has 1 fully saturated rings. The Kier molecular flexibility index (Phi) is 5.50. The van der Waals surface area contributed by atoms with E-state index in [2.05, 4.69) is 9.71 Å². The molecule has 0 aromatic carbocycles. The van der Waals surface area contributed by atoms with Crippen molar-refractivity contribution in [2.75, 3.05) is 13.2 Å². The highest BCUT2D eigenvalue weighted by molar-refractivity contribution is 7.91. The Bertz CT molecular complexity index is 761. The molecule has 2 atom stereocenters. The molecule has 0 spiro atoms. The zero-order valence-corrected chi connectivity index (χ0v) is 15.0. The lowest BCUT2D eigenvalue weighted by Gasteiger charge is -2.31. The molecule has 0 amide bonds. The van der Waals surface area contributed by atoms with Crippen LogP contribution in [0, 0.1) is 0 Å². The third kappa shape index (κ3) is 4.13. The smallest absolute Gasteiger partial charge is 0.250 e. The van der Waals surface area contributed by atoms with Gasteiger partial charge in [0, 0.05) is 23.7 Å². The standard InChI is InChI=1S/C16H20N2O4S2/c1-2-12-6-7-16(23-12)24(19,20)18-13-8-10-21-11-14(13)22-15-5-3-4-9-17-15/h3-7,9,13-14,18H,2,8,10-11H2,1H3/t13-,14-/m1/s1. The first kappa shape index (κ1) is 17.3. The highest BCUT2D eigenvalue weighted by Crippen LogP contribution is 2.24. The van der Waals surface area contributed by atoms with Crippen LogP contribution in [0.4, 0.5) is 0 Å². The molecule has 2 aromatic heterocycles. The summed E-state index contributed by atoms with van der Waals surface area (Å²) in [5.74, 6) is 0.460. The third-order valence-corrected chi connectivity index (χ3v) is 6.98. The van der Waals surface area contributed by atoms with Gasteiger partial charge < -0.3 is 9.47 Å². The van der Waals surface area contributed by atoms with Crippen molar-refractivity contribution in [3.05, 3.63) is 41.4 Å². The zero-order valence-electron chi connectivity index (χ0n) is 13.3. The average molecular weight is 368 g/mol. The van der Waals surface area contributed by atoms with Crippen LogP contribution in [0.2, 0.25) is 0 Å². The van der Waals surface area contributed by atoms with E-state index in [4.69, 9.17) is 9.47 Å². The number of rotatable bonds is 6. The minimum Gasteiger partial charge on any atom is -0.470 e. The lowest BCUT2D eigenvalue weighted by molar-refractivity contribution is -0.0111. The SMILES string of the molecule is CCc1ccc(S(=O)(=O)N[C@@H]2CCOC[C@H]2Oc2ccccn2)s1. The van der Waals surface area contributed by atoms with E-state index in [1.165, 1.54) is 11.3 Å². The van der Waals surface area contributed by atoms with Crippen LogP contribution in [0.15, 0.2) is 40.7 Å². The molecule has 130 valence electrons. The molecule has 1 aliphatic rings. The van der Waals surface area contributed by atoms with Crippen LogP contribution in [0.3, 0.4) is 0 Å². The van der Waals surface area contributed by atoms with Crippen molar-refractivity contribution in [2.45, 2.75) is 36.1 Å². The molecule has 3 heterocycles. The second-order valence-electron chi connectivity index (χ2n) is 5.49. The van der Waals surface area contributed by atoms with Crippen LogP contribution >= 0.6 is 11.3 Å². The van der Waals surface area contributed by atoms with E-state index in [-0.39, 0.29) is 6.04 Å². The molecule has 0 radical (unpaired) electrons. The summed E-state index contributed by atoms with van der Waals surface area (Å²) in [6.45, 7) is 2.83. The van der Waals surface area contributed by atoms with Gasteiger partial charge in [0.05, 0.1) is 12.6 Å². The Hall–Kier alpha value is -1.48. The van der Waals surface area contributed by atoms with E-state index < -0.39 is 16.1 Å². The monoisotopic (exact) mass is 368 g/mol. The van der Waals surface area contributed by atoms with Crippen molar-refractivity contribution in [1.29, 1.82) is 0 Å². The molecule has 2 aromatic rings. The fourth-order valence-electron chi connectivity index (χ4n) is 2.48. The van der Waals surface area contributed by atoms with Crippen LogP contribution in [0.25, 0.3) is 0 Å². The molecule has 0 saturated carbocycles. The molecule has 3 rings (SSSR count). The Morgan fingerprint density at radius 1 is 1.38 bits per heavy atom. The van der Waals surface area contributed by atoms with Crippen molar-refractivity contribution >= 4 is 21.4 Å². The molecule has 1 saturated heterocycles. The van der Waals surface area contributed by atoms with Gasteiger partial charge in [-0.25, -0.2) is 18.1 Å². The maximum absolute atomic E-state index is 12.6. The number of nitrogens with zero attached hydrogens (tertiary/aromatic N) is 1. The highest BCUT2D eigenvalue weighted by Gasteiger charge is 2.32. The molecular formula is C16H20N2O4S2. The minimum atomic E-state index is -3.56. The lowest BCUT2D eigenvalue weighted by Crippen LogP contribution is -2.51. The second-order valence-corrected chi connectivity index (χ2v) is 8.60. The van der Waals surface area contributed by atoms with Crippen LogP contribution < -0.4 is 9.46 Å². The van der Waals surface area contributed by atoms with Gasteiger partial charge in [-0.05, 0) is 31.0 Å². The van der Waals surface area contributed by atoms with Crippen LogP contribution in [-0.2, 0) is 21.2 Å². The summed E-state index contributed by atoms with van der Waals surface area (Å²) in [6, 6.07) is 8.52. The molecule has 0 bridgehead atoms. The van der Waals surface area contributed by atoms with Crippen molar-refractivity contribution < 1.29 is 17.9 Å². The zero-order chi connectivity index (χ0) is 17.0. The van der Waals surface area contributed by atoms with Gasteiger partial charge >= 0.3 is 0 Å². The fraction of sp³-hybridized carbons (Fsp3) is 0.438. The second kappa shape index (κ2) is 7.60. The first-order chi connectivity index (χ1) is 11.6. The number of sulfonamides is 1. The highest BCUT2D eigenvalue weighted by atomic mass is 32.2. The van der Waals surface area contributed by atoms with E-state index in [0.717, 1.165) is 11.3 Å². The van der Waals surface area contributed by atoms with E-state index in [1.54, 1.807) is 24.4 Å². The number of aromatic nitrogens is 1. The van der Waals surface area contributed by atoms with Crippen molar-refractivity contribution in [2.24, 2.45) is 0 Å². The largest absolute Gasteiger partial charge is 0.470 e. The van der Waals surface area contributed by atoms with Gasteiger partial charge in [-0.3, -0.25) is 0 Å². The minimum absolute atomic E-state index is 0.328. The van der Waals surface area contributed by atoms with Crippen molar-refractivity contribution in [1.82, 2.24) is 9.71 Å². The van der Waals surface area contributed by atoms with Crippen LogP contribution in [-0.4, -0.2) is 38.8 Å². The van der Waals surface area contributed by atoms with Crippen LogP contribution in [0.1, 0.15) is 18.2 Å². The van der Waals surface area contributed by atoms with E-state index >= 15 is 0 Å². The number of hydrogen-bond donors (Lipinski definition) is 1. The summed E-state index contributed by atoms with van der Waals surface area (Å²) >= 11 is 1.30. The molecule has 1 aliphatic heterocycles. The van der Waals surface area contributed by atoms with E-state index in [9.17, 15) is 8.42 Å². The maximum atomic E-state index is 12.6. The van der Waals surface area contributed by atoms with Gasteiger partial charge in [-0.2, -0.15) is 0 Å². The fourth-order valence-corrected chi connectivity index (χ4v) is 5.10. The lowest BCUT2D eigenvalue weighted by atomic mass is 10.1. The molecule has 0 unspecified atom stereocenters. The molecule has 1 N–H and O–H groups in total. The van der Waals surface area contributed by atoms with Gasteiger partial charge in [-0.15, -0.1) is 11.3 Å². The quantitative estimate of drug-likeness (QED) is 0.846. The maximum Gasteiger partial charge on any atom is 0.250 e. The molecule has 24 heavy (non-hydrogen) atoms. The van der Waals surface area contributed by atoms with Gasteiger partial charge in [0.2, 0.25) is 15.9 Å². The van der Waals surface area contributed by atoms with Crippen LogP contribution in [0.5, 0.6) is 5.88 Å². The number of nitrogens with one attached hydrogen (secondary N) is 1. The predicted molar refractivity (Wildman–Crippen MR) is 91.9 cm³/mol. The number of ether oxygens (including phenoxy) is 2. The van der Waals surface area contributed by atoms with E-state index in [0.29, 0.717) is 29.7 Å². The number of aryl methyl sites for hydroxylation is 1. The Balaban J connectivity index is 1.73. The van der Waals surface area contributed by atoms with Gasteiger partial charge in [0.25, 0.3) is 0 Å². The van der Waals surface area contributed by atoms with Gasteiger partial charge in [0.1, 0.15) is 10.3 Å². The first-order valence-corrected chi connectivity index (χ1v) is 10.1. The Labute approximate surface area is 145 Å².